The molecule has 0 radical (unpaired) electrons. The third-order valence-corrected chi connectivity index (χ3v) is 4.48. The van der Waals surface area contributed by atoms with Crippen molar-refractivity contribution in [3.63, 3.8) is 0 Å². The largest absolute Gasteiger partial charge is 0.467 e. The van der Waals surface area contributed by atoms with Gasteiger partial charge in [0.25, 0.3) is 0 Å². The van der Waals surface area contributed by atoms with Crippen LogP contribution in [0.1, 0.15) is 42.5 Å². The topological polar surface area (TPSA) is 80.2 Å². The zero-order valence-electron chi connectivity index (χ0n) is 15.2. The number of aliphatic hydroxyl groups is 1. The van der Waals surface area contributed by atoms with Gasteiger partial charge in [0.15, 0.2) is 0 Å². The summed E-state index contributed by atoms with van der Waals surface area (Å²) in [5.41, 5.74) is 3.29. The SMILES string of the molecule is COc1ncc(/C=C/[C@H](O)CCCCc2ccc3c(n2)NCCC3)cn1. The number of ether oxygens (including phenoxy) is 1. The summed E-state index contributed by atoms with van der Waals surface area (Å²) in [5.74, 6) is 1.05. The lowest BCUT2D eigenvalue weighted by molar-refractivity contribution is 0.209. The van der Waals surface area contributed by atoms with E-state index in [0.29, 0.717) is 6.01 Å². The van der Waals surface area contributed by atoms with Crippen molar-refractivity contribution in [1.29, 1.82) is 0 Å². The van der Waals surface area contributed by atoms with Crippen LogP contribution in [0.3, 0.4) is 0 Å². The van der Waals surface area contributed by atoms with Crippen LogP contribution in [0.2, 0.25) is 0 Å². The second-order valence-corrected chi connectivity index (χ2v) is 6.52. The Morgan fingerprint density at radius 3 is 2.92 bits per heavy atom. The number of anilines is 1. The van der Waals surface area contributed by atoms with Gasteiger partial charge in [-0.1, -0.05) is 24.6 Å². The first kappa shape index (κ1) is 18.3. The van der Waals surface area contributed by atoms with Crippen LogP contribution in [0.4, 0.5) is 5.82 Å². The van der Waals surface area contributed by atoms with Crippen LogP contribution in [0.15, 0.2) is 30.6 Å². The standard InChI is InChI=1S/C20H26N4O2/c1-26-20-22-13-15(14-23-20)8-11-18(25)7-3-2-6-17-10-9-16-5-4-12-21-19(16)24-17/h8-11,13-14,18,25H,2-7,12H2,1H3,(H,21,24)/b11-8+/t18-/m1/s1. The molecule has 138 valence electrons. The average Bonchev–Trinajstić information content (AvgIpc) is 2.70. The summed E-state index contributed by atoms with van der Waals surface area (Å²) >= 11 is 0. The molecule has 26 heavy (non-hydrogen) atoms. The molecule has 1 aliphatic heterocycles. The molecule has 0 unspecified atom stereocenters. The number of rotatable bonds is 8. The summed E-state index contributed by atoms with van der Waals surface area (Å²) in [5, 5.41) is 13.5. The summed E-state index contributed by atoms with van der Waals surface area (Å²) in [7, 11) is 1.53. The van der Waals surface area contributed by atoms with E-state index in [2.05, 4.69) is 27.4 Å². The zero-order valence-corrected chi connectivity index (χ0v) is 15.2. The predicted octanol–water partition coefficient (Wildman–Crippen LogP) is 3.03. The molecule has 2 N–H and O–H groups in total. The molecular formula is C20H26N4O2. The maximum atomic E-state index is 10.1. The van der Waals surface area contributed by atoms with Crippen molar-refractivity contribution in [3.05, 3.63) is 47.4 Å². The Hall–Kier alpha value is -2.47. The molecule has 2 aromatic heterocycles. The normalized spacial score (nSPS) is 14.7. The van der Waals surface area contributed by atoms with Gasteiger partial charge in [0.2, 0.25) is 0 Å². The van der Waals surface area contributed by atoms with E-state index in [1.165, 1.54) is 19.1 Å². The Morgan fingerprint density at radius 2 is 2.12 bits per heavy atom. The number of nitrogens with zero attached hydrogens (tertiary/aromatic N) is 3. The van der Waals surface area contributed by atoms with E-state index in [1.54, 1.807) is 18.5 Å². The molecule has 0 aromatic carbocycles. The van der Waals surface area contributed by atoms with Gasteiger partial charge in [-0.3, -0.25) is 0 Å². The maximum absolute atomic E-state index is 10.1. The quantitative estimate of drug-likeness (QED) is 0.709. The van der Waals surface area contributed by atoms with E-state index in [9.17, 15) is 5.11 Å². The van der Waals surface area contributed by atoms with Crippen molar-refractivity contribution in [2.75, 3.05) is 19.0 Å². The van der Waals surface area contributed by atoms with Gasteiger partial charge < -0.3 is 15.2 Å². The molecule has 1 aliphatic rings. The molecule has 0 saturated heterocycles. The molecule has 6 nitrogen and oxygen atoms in total. The van der Waals surface area contributed by atoms with E-state index in [0.717, 1.165) is 55.7 Å². The first-order chi connectivity index (χ1) is 12.7. The monoisotopic (exact) mass is 354 g/mol. The summed E-state index contributed by atoms with van der Waals surface area (Å²) in [6.07, 6.45) is 12.4. The van der Waals surface area contributed by atoms with Crippen LogP contribution in [-0.4, -0.2) is 39.8 Å². The number of fused-ring (bicyclic) bond motifs is 1. The molecule has 0 aliphatic carbocycles. The lowest BCUT2D eigenvalue weighted by Gasteiger charge is -2.17. The minimum atomic E-state index is -0.463. The van der Waals surface area contributed by atoms with Gasteiger partial charge in [0.1, 0.15) is 5.82 Å². The van der Waals surface area contributed by atoms with Crippen LogP contribution >= 0.6 is 0 Å². The lowest BCUT2D eigenvalue weighted by Crippen LogP contribution is -2.14. The fraction of sp³-hybridized carbons (Fsp3) is 0.450. The highest BCUT2D eigenvalue weighted by atomic mass is 16.5. The minimum Gasteiger partial charge on any atom is -0.467 e. The van der Waals surface area contributed by atoms with Gasteiger partial charge in [0, 0.05) is 30.2 Å². The first-order valence-electron chi connectivity index (χ1n) is 9.19. The summed E-state index contributed by atoms with van der Waals surface area (Å²) in [4.78, 5) is 12.8. The number of nitrogens with one attached hydrogen (secondary N) is 1. The van der Waals surface area contributed by atoms with Crippen molar-refractivity contribution in [2.24, 2.45) is 0 Å². The van der Waals surface area contributed by atoms with Crippen molar-refractivity contribution >= 4 is 11.9 Å². The van der Waals surface area contributed by atoms with E-state index in [4.69, 9.17) is 9.72 Å². The third kappa shape index (κ3) is 5.26. The fourth-order valence-electron chi connectivity index (χ4n) is 3.00. The van der Waals surface area contributed by atoms with Crippen LogP contribution in [0, 0.1) is 0 Å². The van der Waals surface area contributed by atoms with Gasteiger partial charge in [-0.25, -0.2) is 15.0 Å². The minimum absolute atomic E-state index is 0.341. The molecule has 2 aromatic rings. The van der Waals surface area contributed by atoms with Crippen molar-refractivity contribution in [1.82, 2.24) is 15.0 Å². The fourth-order valence-corrected chi connectivity index (χ4v) is 3.00. The molecule has 0 bridgehead atoms. The first-order valence-corrected chi connectivity index (χ1v) is 9.19. The Labute approximate surface area is 154 Å². The predicted molar refractivity (Wildman–Crippen MR) is 102 cm³/mol. The van der Waals surface area contributed by atoms with Gasteiger partial charge in [-0.05, 0) is 43.7 Å². The van der Waals surface area contributed by atoms with Gasteiger partial charge in [-0.15, -0.1) is 0 Å². The Morgan fingerprint density at radius 1 is 1.27 bits per heavy atom. The molecule has 3 rings (SSSR count). The number of pyridine rings is 1. The second-order valence-electron chi connectivity index (χ2n) is 6.52. The molecule has 3 heterocycles. The summed E-state index contributed by atoms with van der Waals surface area (Å²) in [6.45, 7) is 1.02. The number of aromatic nitrogens is 3. The van der Waals surface area contributed by atoms with Crippen LogP contribution < -0.4 is 10.1 Å². The Kier molecular flexibility index (Phi) is 6.55. The maximum Gasteiger partial charge on any atom is 0.316 e. The smallest absolute Gasteiger partial charge is 0.316 e. The van der Waals surface area contributed by atoms with Gasteiger partial charge >= 0.3 is 6.01 Å². The molecular weight excluding hydrogens is 328 g/mol. The van der Waals surface area contributed by atoms with Gasteiger partial charge in [0.05, 0.1) is 13.2 Å². The Balaban J connectivity index is 1.39. The van der Waals surface area contributed by atoms with Gasteiger partial charge in [-0.2, -0.15) is 0 Å². The average molecular weight is 354 g/mol. The zero-order chi connectivity index (χ0) is 18.2. The summed E-state index contributed by atoms with van der Waals surface area (Å²) < 4.78 is 4.92. The number of aliphatic hydroxyl groups excluding tert-OH is 1. The number of unbranched alkanes of at least 4 members (excludes halogenated alkanes) is 1. The Bertz CT molecular complexity index is 731. The second kappa shape index (κ2) is 9.29. The van der Waals surface area contributed by atoms with Crippen molar-refractivity contribution in [2.45, 2.75) is 44.6 Å². The number of hydrogen-bond acceptors (Lipinski definition) is 6. The number of aryl methyl sites for hydroxylation is 2. The molecule has 0 amide bonds. The number of hydrogen-bond donors (Lipinski definition) is 2. The lowest BCUT2D eigenvalue weighted by atomic mass is 10.0. The van der Waals surface area contributed by atoms with E-state index in [-0.39, 0.29) is 0 Å². The molecule has 0 fully saturated rings. The van der Waals surface area contributed by atoms with E-state index >= 15 is 0 Å². The third-order valence-electron chi connectivity index (χ3n) is 4.48. The molecule has 0 spiro atoms. The van der Waals surface area contributed by atoms with Crippen LogP contribution in [0.25, 0.3) is 6.08 Å². The van der Waals surface area contributed by atoms with E-state index < -0.39 is 6.10 Å². The summed E-state index contributed by atoms with van der Waals surface area (Å²) in [6, 6.07) is 4.66. The molecule has 6 heteroatoms. The van der Waals surface area contributed by atoms with Crippen LogP contribution in [-0.2, 0) is 12.8 Å². The highest BCUT2D eigenvalue weighted by Gasteiger charge is 2.10. The highest BCUT2D eigenvalue weighted by Crippen LogP contribution is 2.20. The van der Waals surface area contributed by atoms with Crippen LogP contribution in [0.5, 0.6) is 6.01 Å². The highest BCUT2D eigenvalue weighted by molar-refractivity contribution is 5.47. The molecule has 0 saturated carbocycles. The number of methoxy groups -OCH3 is 1. The molecule has 1 atom stereocenters. The van der Waals surface area contributed by atoms with Crippen molar-refractivity contribution in [3.8, 4) is 6.01 Å². The van der Waals surface area contributed by atoms with E-state index in [1.807, 2.05) is 6.08 Å². The van der Waals surface area contributed by atoms with Crippen molar-refractivity contribution < 1.29 is 9.84 Å².